The molecular formula is C17H18ClN3S. The number of thiocarbonyl (C=S) groups is 1. The lowest BCUT2D eigenvalue weighted by molar-refractivity contribution is 0.407. The van der Waals surface area contributed by atoms with Crippen LogP contribution in [0.1, 0.15) is 31.2 Å². The highest BCUT2D eigenvalue weighted by atomic mass is 35.5. The Bertz CT molecular complexity index is 637. The highest BCUT2D eigenvalue weighted by Crippen LogP contribution is 2.38. The molecule has 2 N–H and O–H groups in total. The monoisotopic (exact) mass is 331 g/mol. The van der Waals surface area contributed by atoms with Crippen LogP contribution in [0.3, 0.4) is 0 Å². The lowest BCUT2D eigenvalue weighted by Crippen LogP contribution is -2.45. The van der Waals surface area contributed by atoms with Gasteiger partial charge >= 0.3 is 0 Å². The zero-order valence-electron chi connectivity index (χ0n) is 12.2. The number of halogens is 1. The molecule has 3 nitrogen and oxygen atoms in total. The van der Waals surface area contributed by atoms with Gasteiger partial charge in [-0.3, -0.25) is 4.98 Å². The minimum absolute atomic E-state index is 0.106. The topological polar surface area (TPSA) is 37.0 Å². The molecule has 0 spiro atoms. The molecule has 22 heavy (non-hydrogen) atoms. The van der Waals surface area contributed by atoms with Crippen LogP contribution in [-0.2, 0) is 5.54 Å². The van der Waals surface area contributed by atoms with E-state index in [0.717, 1.165) is 18.5 Å². The van der Waals surface area contributed by atoms with Crippen molar-refractivity contribution in [1.82, 2.24) is 10.3 Å². The Morgan fingerprint density at radius 2 is 1.86 bits per heavy atom. The second-order valence-electron chi connectivity index (χ2n) is 5.62. The smallest absolute Gasteiger partial charge is 0.171 e. The van der Waals surface area contributed by atoms with Gasteiger partial charge in [-0.2, -0.15) is 0 Å². The highest BCUT2D eigenvalue weighted by Gasteiger charge is 2.36. The molecule has 1 aromatic heterocycles. The van der Waals surface area contributed by atoms with Gasteiger partial charge in [0.05, 0.1) is 5.54 Å². The zero-order valence-corrected chi connectivity index (χ0v) is 13.8. The highest BCUT2D eigenvalue weighted by molar-refractivity contribution is 7.80. The molecule has 0 radical (unpaired) electrons. The molecule has 1 saturated carbocycles. The molecule has 0 unspecified atom stereocenters. The van der Waals surface area contributed by atoms with E-state index in [1.165, 1.54) is 18.4 Å². The quantitative estimate of drug-likeness (QED) is 0.812. The first-order valence-corrected chi connectivity index (χ1v) is 8.22. The van der Waals surface area contributed by atoms with E-state index in [-0.39, 0.29) is 5.54 Å². The third-order valence-electron chi connectivity index (χ3n) is 4.13. The van der Waals surface area contributed by atoms with Crippen molar-refractivity contribution in [2.45, 2.75) is 31.2 Å². The van der Waals surface area contributed by atoms with Gasteiger partial charge < -0.3 is 10.6 Å². The number of hydrogen-bond donors (Lipinski definition) is 2. The summed E-state index contributed by atoms with van der Waals surface area (Å²) in [6.45, 7) is 0. The molecule has 3 rings (SSSR count). The number of rotatable bonds is 3. The molecule has 0 bridgehead atoms. The van der Waals surface area contributed by atoms with E-state index in [2.05, 4.69) is 21.7 Å². The number of hydrogen-bond acceptors (Lipinski definition) is 2. The molecule has 1 heterocycles. The summed E-state index contributed by atoms with van der Waals surface area (Å²) in [4.78, 5) is 4.26. The van der Waals surface area contributed by atoms with E-state index in [1.807, 2.05) is 36.5 Å². The summed E-state index contributed by atoms with van der Waals surface area (Å²) < 4.78 is 0. The van der Waals surface area contributed by atoms with Gasteiger partial charge in [-0.15, -0.1) is 0 Å². The fourth-order valence-corrected chi connectivity index (χ4v) is 3.46. The largest absolute Gasteiger partial charge is 0.353 e. The van der Waals surface area contributed by atoms with Crippen molar-refractivity contribution in [3.63, 3.8) is 0 Å². The van der Waals surface area contributed by atoms with Gasteiger partial charge in [-0.05, 0) is 61.0 Å². The van der Waals surface area contributed by atoms with Crippen LogP contribution in [-0.4, -0.2) is 10.1 Å². The Hall–Kier alpha value is -1.65. The molecule has 0 saturated heterocycles. The summed E-state index contributed by atoms with van der Waals surface area (Å²) in [6, 6.07) is 11.6. The van der Waals surface area contributed by atoms with E-state index >= 15 is 0 Å². The van der Waals surface area contributed by atoms with Gasteiger partial charge in [0.1, 0.15) is 0 Å². The van der Waals surface area contributed by atoms with Crippen molar-refractivity contribution < 1.29 is 0 Å². The third kappa shape index (κ3) is 3.39. The Morgan fingerprint density at radius 3 is 2.50 bits per heavy atom. The van der Waals surface area contributed by atoms with Crippen molar-refractivity contribution in [3.05, 3.63) is 59.4 Å². The normalized spacial score (nSPS) is 16.2. The van der Waals surface area contributed by atoms with Gasteiger partial charge in [-0.25, -0.2) is 0 Å². The van der Waals surface area contributed by atoms with Crippen LogP contribution in [0.4, 0.5) is 5.69 Å². The Kier molecular flexibility index (Phi) is 4.60. The second kappa shape index (κ2) is 6.63. The van der Waals surface area contributed by atoms with Crippen molar-refractivity contribution in [2.75, 3.05) is 5.32 Å². The number of anilines is 1. The minimum atomic E-state index is -0.106. The summed E-state index contributed by atoms with van der Waals surface area (Å²) in [5.41, 5.74) is 2.03. The maximum Gasteiger partial charge on any atom is 0.171 e. The first-order valence-electron chi connectivity index (χ1n) is 7.43. The summed E-state index contributed by atoms with van der Waals surface area (Å²) in [6.07, 6.45) is 8.28. The number of pyridine rings is 1. The standard InChI is InChI=1S/C17H18ClN3S/c18-14-5-7-15(8-6-14)20-16(22)21-17(9-1-2-10-17)13-4-3-11-19-12-13/h3-8,11-12H,1-2,9-10H2,(H2,20,21,22). The van der Waals surface area contributed by atoms with Gasteiger partial charge in [0.2, 0.25) is 0 Å². The first-order chi connectivity index (χ1) is 10.7. The van der Waals surface area contributed by atoms with Gasteiger partial charge in [-0.1, -0.05) is 30.5 Å². The Balaban J connectivity index is 1.74. The van der Waals surface area contributed by atoms with E-state index in [1.54, 1.807) is 6.20 Å². The van der Waals surface area contributed by atoms with Crippen LogP contribution >= 0.6 is 23.8 Å². The molecule has 2 aromatic rings. The molecule has 1 aliphatic carbocycles. The molecule has 0 amide bonds. The summed E-state index contributed by atoms with van der Waals surface area (Å²) in [7, 11) is 0. The van der Waals surface area contributed by atoms with Crippen LogP contribution < -0.4 is 10.6 Å². The molecule has 1 aromatic carbocycles. The molecule has 1 fully saturated rings. The van der Waals surface area contributed by atoms with Crippen molar-refractivity contribution >= 4 is 34.6 Å². The maximum atomic E-state index is 5.90. The fraction of sp³-hybridized carbons (Fsp3) is 0.294. The van der Waals surface area contributed by atoms with Crippen molar-refractivity contribution in [1.29, 1.82) is 0 Å². The summed E-state index contributed by atoms with van der Waals surface area (Å²) >= 11 is 11.4. The Labute approximate surface area is 141 Å². The lowest BCUT2D eigenvalue weighted by atomic mass is 9.89. The molecule has 0 aliphatic heterocycles. The predicted octanol–water partition coefficient (Wildman–Crippen LogP) is 4.49. The summed E-state index contributed by atoms with van der Waals surface area (Å²) in [5.74, 6) is 0. The van der Waals surface area contributed by atoms with Crippen LogP contribution in [0.15, 0.2) is 48.8 Å². The SMILES string of the molecule is S=C(Nc1ccc(Cl)cc1)NC1(c2cccnc2)CCCC1. The van der Waals surface area contributed by atoms with Crippen LogP contribution in [0.25, 0.3) is 0 Å². The van der Waals surface area contributed by atoms with Gasteiger partial charge in [0.25, 0.3) is 0 Å². The zero-order chi connectivity index (χ0) is 15.4. The lowest BCUT2D eigenvalue weighted by Gasteiger charge is -2.32. The third-order valence-corrected chi connectivity index (χ3v) is 4.58. The van der Waals surface area contributed by atoms with Gasteiger partial charge in [0.15, 0.2) is 5.11 Å². The van der Waals surface area contributed by atoms with Crippen molar-refractivity contribution in [3.8, 4) is 0 Å². The van der Waals surface area contributed by atoms with Crippen molar-refractivity contribution in [2.24, 2.45) is 0 Å². The van der Waals surface area contributed by atoms with E-state index in [0.29, 0.717) is 10.1 Å². The second-order valence-corrected chi connectivity index (χ2v) is 6.46. The molecule has 1 aliphatic rings. The molecule has 0 atom stereocenters. The van der Waals surface area contributed by atoms with Crippen LogP contribution in [0.2, 0.25) is 5.02 Å². The average molecular weight is 332 g/mol. The van der Waals surface area contributed by atoms with E-state index in [9.17, 15) is 0 Å². The molecule has 114 valence electrons. The first kappa shape index (κ1) is 15.3. The number of benzene rings is 1. The average Bonchev–Trinajstić information content (AvgIpc) is 3.00. The minimum Gasteiger partial charge on any atom is -0.353 e. The van der Waals surface area contributed by atoms with E-state index in [4.69, 9.17) is 23.8 Å². The summed E-state index contributed by atoms with van der Waals surface area (Å²) in [5, 5.41) is 8.10. The number of aromatic nitrogens is 1. The molecular weight excluding hydrogens is 314 g/mol. The predicted molar refractivity (Wildman–Crippen MR) is 95.2 cm³/mol. The van der Waals surface area contributed by atoms with Gasteiger partial charge in [0, 0.05) is 23.1 Å². The number of nitrogens with zero attached hydrogens (tertiary/aromatic N) is 1. The Morgan fingerprint density at radius 1 is 1.14 bits per heavy atom. The maximum absolute atomic E-state index is 5.90. The van der Waals surface area contributed by atoms with Crippen LogP contribution in [0, 0.1) is 0 Å². The number of nitrogens with one attached hydrogen (secondary N) is 2. The van der Waals surface area contributed by atoms with Crippen LogP contribution in [0.5, 0.6) is 0 Å². The molecule has 5 heteroatoms. The fourth-order valence-electron chi connectivity index (χ4n) is 3.02. The van der Waals surface area contributed by atoms with E-state index < -0.39 is 0 Å².